The number of rotatable bonds is 16. The first kappa shape index (κ1) is 36.9. The summed E-state index contributed by atoms with van der Waals surface area (Å²) in [6.07, 6.45) is 0.366. The number of para-hydroxylation sites is 1. The van der Waals surface area contributed by atoms with Crippen LogP contribution >= 0.6 is 7.37 Å². The lowest BCUT2D eigenvalue weighted by Gasteiger charge is -2.30. The Bertz CT molecular complexity index is 1780. The second-order valence-corrected chi connectivity index (χ2v) is 14.9. The summed E-state index contributed by atoms with van der Waals surface area (Å²) in [5.41, 5.74) is 2.97. The highest BCUT2D eigenvalue weighted by molar-refractivity contribution is 7.58. The molecule has 0 bridgehead atoms. The number of ether oxygens (including phenoxy) is 1. The Balaban J connectivity index is 1.55. The van der Waals surface area contributed by atoms with Crippen molar-refractivity contribution in [2.45, 2.75) is 58.1 Å². The molecule has 0 aliphatic heterocycles. The van der Waals surface area contributed by atoms with Crippen molar-refractivity contribution < 1.29 is 38.5 Å². The number of aliphatic carboxylic acids is 1. The predicted octanol–water partition coefficient (Wildman–Crippen LogP) is 4.82. The quantitative estimate of drug-likeness (QED) is 0.0903. The van der Waals surface area contributed by atoms with E-state index in [4.69, 9.17) is 4.74 Å². The number of benzene rings is 3. The Morgan fingerprint density at radius 1 is 0.796 bits per heavy atom. The molecule has 260 valence electrons. The van der Waals surface area contributed by atoms with Gasteiger partial charge in [0.25, 0.3) is 0 Å². The minimum absolute atomic E-state index is 0.000159. The van der Waals surface area contributed by atoms with E-state index in [1.807, 2.05) is 30.3 Å². The fraction of sp³-hybridized carbons (Fsp3) is 0.333. The minimum Gasteiger partial charge on any atom is -0.480 e. The number of fused-ring (bicyclic) bond motifs is 1. The van der Waals surface area contributed by atoms with Crippen LogP contribution in [-0.2, 0) is 43.1 Å². The number of H-pyrrole nitrogens is 1. The molecule has 1 aromatic heterocycles. The van der Waals surface area contributed by atoms with Gasteiger partial charge in [-0.2, -0.15) is 0 Å². The molecule has 0 saturated carbocycles. The topological polar surface area (TPSA) is 187 Å². The molecule has 0 aliphatic carbocycles. The average Bonchev–Trinajstić information content (AvgIpc) is 3.49. The zero-order valence-corrected chi connectivity index (χ0v) is 28.6. The number of carbonyl (C=O) groups excluding carboxylic acids is 3. The van der Waals surface area contributed by atoms with Gasteiger partial charge in [-0.25, -0.2) is 4.79 Å². The highest BCUT2D eigenvalue weighted by Crippen LogP contribution is 2.49. The molecule has 12 nitrogen and oxygen atoms in total. The predicted molar refractivity (Wildman–Crippen MR) is 186 cm³/mol. The zero-order chi connectivity index (χ0) is 35.6. The molecule has 5 atom stereocenters. The second-order valence-electron chi connectivity index (χ2n) is 12.4. The van der Waals surface area contributed by atoms with Gasteiger partial charge >= 0.3 is 12.1 Å². The molecule has 3 amide bonds. The summed E-state index contributed by atoms with van der Waals surface area (Å²) >= 11 is 0. The Kier molecular flexibility index (Phi) is 12.8. The Labute approximate surface area is 285 Å². The van der Waals surface area contributed by atoms with Crippen LogP contribution < -0.4 is 16.0 Å². The highest BCUT2D eigenvalue weighted by Gasteiger charge is 2.39. The van der Waals surface area contributed by atoms with Gasteiger partial charge in [0, 0.05) is 42.0 Å². The van der Waals surface area contributed by atoms with Crippen LogP contribution in [0.15, 0.2) is 91.1 Å². The van der Waals surface area contributed by atoms with E-state index in [0.717, 1.165) is 16.5 Å². The summed E-state index contributed by atoms with van der Waals surface area (Å²) in [5, 5.41) is 17.9. The maximum Gasteiger partial charge on any atom is 0.408 e. The van der Waals surface area contributed by atoms with Gasteiger partial charge in [0.2, 0.25) is 19.2 Å². The number of alkyl carbamates (subject to hydrolysis) is 1. The van der Waals surface area contributed by atoms with Gasteiger partial charge in [0.15, 0.2) is 0 Å². The SMILES string of the molecule is CC(C)C(CP(=O)(O)C(Cc1ccccc1)NC(=O)OCc1ccccc1)C(=O)N[C@H](Cc1c[nH]c2ccccc12)C(=O)N[C@H](C)C(=O)O. The van der Waals surface area contributed by atoms with E-state index in [-0.39, 0.29) is 19.4 Å². The fourth-order valence-corrected chi connectivity index (χ4v) is 7.63. The zero-order valence-electron chi connectivity index (χ0n) is 27.7. The van der Waals surface area contributed by atoms with E-state index in [1.165, 1.54) is 6.92 Å². The van der Waals surface area contributed by atoms with E-state index >= 15 is 0 Å². The standard InChI is InChI=1S/C36H43N4O8P/c1-23(2)29(33(41)39-31(34(42)38-24(3)35(43)44)19-27-20-37-30-17-11-10-16-28(27)30)22-49(46,47)32(18-25-12-6-4-7-13-25)40-36(45)48-21-26-14-8-5-9-15-26/h4-17,20,23-24,29,31-32,37H,18-19,21-22H2,1-3H3,(H,38,42)(H,39,41)(H,40,45)(H,43,44)(H,46,47)/t24-,29?,31-,32?/m1/s1. The van der Waals surface area contributed by atoms with Gasteiger partial charge in [-0.15, -0.1) is 0 Å². The largest absolute Gasteiger partial charge is 0.480 e. The molecule has 49 heavy (non-hydrogen) atoms. The molecule has 0 spiro atoms. The fourth-order valence-electron chi connectivity index (χ4n) is 5.42. The first-order valence-corrected chi connectivity index (χ1v) is 18.0. The number of nitrogens with one attached hydrogen (secondary N) is 4. The van der Waals surface area contributed by atoms with Gasteiger partial charge in [0.05, 0.1) is 0 Å². The Morgan fingerprint density at radius 2 is 1.41 bits per heavy atom. The van der Waals surface area contributed by atoms with Crippen molar-refractivity contribution in [3.05, 3.63) is 108 Å². The Hall–Kier alpha value is -4.93. The molecular formula is C36H43N4O8P. The molecule has 0 saturated heterocycles. The third-order valence-electron chi connectivity index (χ3n) is 8.32. The lowest BCUT2D eigenvalue weighted by atomic mass is 9.95. The number of carbonyl (C=O) groups is 4. The maximum absolute atomic E-state index is 14.1. The Morgan fingerprint density at radius 3 is 2.04 bits per heavy atom. The van der Waals surface area contributed by atoms with Crippen molar-refractivity contribution in [2.75, 3.05) is 6.16 Å². The normalized spacial score (nSPS) is 15.0. The van der Waals surface area contributed by atoms with Gasteiger partial charge in [-0.05, 0) is 35.6 Å². The third-order valence-corrected chi connectivity index (χ3v) is 10.5. The number of amides is 3. The number of aromatic amines is 1. The maximum atomic E-state index is 14.1. The van der Waals surface area contributed by atoms with E-state index in [0.29, 0.717) is 11.1 Å². The first-order valence-electron chi connectivity index (χ1n) is 16.0. The molecule has 0 radical (unpaired) electrons. The van der Waals surface area contributed by atoms with Gasteiger partial charge in [-0.1, -0.05) is 92.7 Å². The lowest BCUT2D eigenvalue weighted by molar-refractivity contribution is -0.141. The van der Waals surface area contributed by atoms with E-state index in [2.05, 4.69) is 20.9 Å². The first-order chi connectivity index (χ1) is 23.3. The van der Waals surface area contributed by atoms with Crippen LogP contribution in [0.25, 0.3) is 10.9 Å². The van der Waals surface area contributed by atoms with Crippen LogP contribution in [0.2, 0.25) is 0 Å². The monoisotopic (exact) mass is 690 g/mol. The smallest absolute Gasteiger partial charge is 0.408 e. The number of hydrogen-bond donors (Lipinski definition) is 6. The number of carboxylic acids is 1. The van der Waals surface area contributed by atoms with Gasteiger partial charge in [0.1, 0.15) is 24.5 Å². The number of aromatic nitrogens is 1. The number of carboxylic acid groups (broad SMARTS) is 1. The highest BCUT2D eigenvalue weighted by atomic mass is 31.2. The summed E-state index contributed by atoms with van der Waals surface area (Å²) in [5.74, 6) is -5.39. The molecule has 3 aromatic carbocycles. The molecule has 4 aromatic rings. The van der Waals surface area contributed by atoms with Crippen molar-refractivity contribution in [2.24, 2.45) is 11.8 Å². The minimum atomic E-state index is -4.33. The van der Waals surface area contributed by atoms with Crippen LogP contribution in [0.5, 0.6) is 0 Å². The number of hydrogen-bond acceptors (Lipinski definition) is 6. The summed E-state index contributed by atoms with van der Waals surface area (Å²) in [6.45, 7) is 4.71. The van der Waals surface area contributed by atoms with Crippen molar-refractivity contribution in [1.82, 2.24) is 20.9 Å². The van der Waals surface area contributed by atoms with Crippen molar-refractivity contribution >= 4 is 42.1 Å². The van der Waals surface area contributed by atoms with Crippen LogP contribution in [0.1, 0.15) is 37.5 Å². The summed E-state index contributed by atoms with van der Waals surface area (Å²) in [6, 6.07) is 22.9. The molecule has 4 rings (SSSR count). The summed E-state index contributed by atoms with van der Waals surface area (Å²) < 4.78 is 19.5. The average molecular weight is 691 g/mol. The molecule has 13 heteroatoms. The van der Waals surface area contributed by atoms with E-state index in [1.54, 1.807) is 74.6 Å². The van der Waals surface area contributed by atoms with Crippen molar-refractivity contribution in [1.29, 1.82) is 0 Å². The van der Waals surface area contributed by atoms with E-state index in [9.17, 15) is 33.7 Å². The van der Waals surface area contributed by atoms with Gasteiger partial charge in [-0.3, -0.25) is 18.9 Å². The van der Waals surface area contributed by atoms with Crippen molar-refractivity contribution in [3.8, 4) is 0 Å². The lowest BCUT2D eigenvalue weighted by Crippen LogP contribution is -2.53. The third kappa shape index (κ3) is 10.5. The van der Waals surface area contributed by atoms with Crippen molar-refractivity contribution in [3.63, 3.8) is 0 Å². The molecular weight excluding hydrogens is 647 g/mol. The molecule has 3 unspecified atom stereocenters. The van der Waals surface area contributed by atoms with Crippen LogP contribution in [-0.4, -0.2) is 62.9 Å². The second kappa shape index (κ2) is 16.9. The van der Waals surface area contributed by atoms with Crippen LogP contribution in [0.4, 0.5) is 4.79 Å². The van der Waals surface area contributed by atoms with Crippen LogP contribution in [0, 0.1) is 11.8 Å². The molecule has 0 fully saturated rings. The molecule has 0 aliphatic rings. The van der Waals surface area contributed by atoms with E-state index < -0.39 is 67.1 Å². The molecule has 1 heterocycles. The summed E-state index contributed by atoms with van der Waals surface area (Å²) in [4.78, 5) is 66.3. The molecule has 6 N–H and O–H groups in total. The van der Waals surface area contributed by atoms with Crippen LogP contribution in [0.3, 0.4) is 0 Å². The summed E-state index contributed by atoms with van der Waals surface area (Å²) in [7, 11) is -4.33. The van der Waals surface area contributed by atoms with Gasteiger partial charge < -0.3 is 35.7 Å².